The summed E-state index contributed by atoms with van der Waals surface area (Å²) in [6.07, 6.45) is 9.56. The molecule has 2 aliphatic carbocycles. The maximum Gasteiger partial charge on any atom is 0.166 e. The van der Waals surface area contributed by atoms with Gasteiger partial charge in [-0.15, -0.1) is 0 Å². The highest BCUT2D eigenvalue weighted by Crippen LogP contribution is 2.26. The molecule has 0 spiro atoms. The van der Waals surface area contributed by atoms with Gasteiger partial charge >= 0.3 is 0 Å². The Morgan fingerprint density at radius 2 is 1.80 bits per heavy atom. The molecule has 1 unspecified atom stereocenters. The third-order valence-electron chi connectivity index (χ3n) is 3.63. The van der Waals surface area contributed by atoms with Crippen molar-refractivity contribution in [2.45, 2.75) is 64.0 Å². The zero-order valence-corrected chi connectivity index (χ0v) is 10.4. The lowest BCUT2D eigenvalue weighted by Gasteiger charge is -2.29. The average Bonchev–Trinajstić information content (AvgIpc) is 3.03. The van der Waals surface area contributed by atoms with Crippen molar-refractivity contribution in [2.24, 2.45) is 5.92 Å². The summed E-state index contributed by atoms with van der Waals surface area (Å²) in [5.74, 6) is 0.831. The number of hydrogen-bond donors (Lipinski definition) is 2. The van der Waals surface area contributed by atoms with Gasteiger partial charge in [-0.25, -0.2) is 0 Å². The third-order valence-corrected chi connectivity index (χ3v) is 3.86. The van der Waals surface area contributed by atoms with Crippen LogP contribution in [0.5, 0.6) is 0 Å². The molecular formula is C12H22N2S. The van der Waals surface area contributed by atoms with Crippen LogP contribution in [0.2, 0.25) is 0 Å². The van der Waals surface area contributed by atoms with Gasteiger partial charge in [-0.2, -0.15) is 0 Å². The summed E-state index contributed by atoms with van der Waals surface area (Å²) in [4.78, 5) is 0. The second-order valence-electron chi connectivity index (χ2n) is 5.08. The van der Waals surface area contributed by atoms with E-state index < -0.39 is 0 Å². The fourth-order valence-electron chi connectivity index (χ4n) is 2.41. The lowest BCUT2D eigenvalue weighted by atomic mass is 9.85. The van der Waals surface area contributed by atoms with Crippen molar-refractivity contribution in [3.63, 3.8) is 0 Å². The Kier molecular flexibility index (Phi) is 3.84. The van der Waals surface area contributed by atoms with E-state index in [9.17, 15) is 0 Å². The molecule has 2 nitrogen and oxygen atoms in total. The fourth-order valence-corrected chi connectivity index (χ4v) is 2.77. The Bertz CT molecular complexity index is 220. The molecule has 0 heterocycles. The van der Waals surface area contributed by atoms with E-state index >= 15 is 0 Å². The van der Waals surface area contributed by atoms with Crippen LogP contribution in [-0.2, 0) is 0 Å². The highest BCUT2D eigenvalue weighted by atomic mass is 32.1. The molecule has 2 rings (SSSR count). The van der Waals surface area contributed by atoms with Gasteiger partial charge in [0.2, 0.25) is 0 Å². The van der Waals surface area contributed by atoms with Crippen molar-refractivity contribution in [3.05, 3.63) is 0 Å². The second kappa shape index (κ2) is 5.15. The Morgan fingerprint density at radius 3 is 2.40 bits per heavy atom. The van der Waals surface area contributed by atoms with Gasteiger partial charge in [-0.3, -0.25) is 0 Å². The maximum atomic E-state index is 5.29. The highest BCUT2D eigenvalue weighted by Gasteiger charge is 2.24. The van der Waals surface area contributed by atoms with E-state index in [0.29, 0.717) is 12.1 Å². The van der Waals surface area contributed by atoms with Crippen LogP contribution >= 0.6 is 12.2 Å². The van der Waals surface area contributed by atoms with Gasteiger partial charge in [0, 0.05) is 12.1 Å². The van der Waals surface area contributed by atoms with E-state index in [1.807, 2.05) is 0 Å². The fraction of sp³-hybridized carbons (Fsp3) is 0.917. The van der Waals surface area contributed by atoms with E-state index in [0.717, 1.165) is 11.0 Å². The highest BCUT2D eigenvalue weighted by molar-refractivity contribution is 7.80. The lowest BCUT2D eigenvalue weighted by Crippen LogP contribution is -2.44. The molecule has 0 saturated heterocycles. The standard InChI is InChI=1S/C12H22N2S/c1-9(10-5-3-2-4-6-10)13-12(15)14-11-7-8-11/h9-11H,2-8H2,1H3,(H2,13,14,15). The van der Waals surface area contributed by atoms with Crippen LogP contribution in [0.3, 0.4) is 0 Å². The van der Waals surface area contributed by atoms with Gasteiger partial charge < -0.3 is 10.6 Å². The smallest absolute Gasteiger partial charge is 0.166 e. The van der Waals surface area contributed by atoms with Gasteiger partial charge in [0.05, 0.1) is 0 Å². The molecule has 2 aliphatic rings. The van der Waals surface area contributed by atoms with Crippen LogP contribution in [0.1, 0.15) is 51.9 Å². The average molecular weight is 226 g/mol. The summed E-state index contributed by atoms with van der Waals surface area (Å²) in [6.45, 7) is 2.27. The van der Waals surface area contributed by atoms with E-state index in [2.05, 4.69) is 17.6 Å². The molecule has 0 aliphatic heterocycles. The first kappa shape index (κ1) is 11.2. The minimum absolute atomic E-state index is 0.545. The van der Waals surface area contributed by atoms with Crippen LogP contribution in [0.4, 0.5) is 0 Å². The number of nitrogens with one attached hydrogen (secondary N) is 2. The van der Waals surface area contributed by atoms with Crippen LogP contribution < -0.4 is 10.6 Å². The van der Waals surface area contributed by atoms with E-state index in [1.54, 1.807) is 0 Å². The molecular weight excluding hydrogens is 204 g/mol. The number of rotatable bonds is 3. The van der Waals surface area contributed by atoms with E-state index in [-0.39, 0.29) is 0 Å². The molecule has 0 amide bonds. The monoisotopic (exact) mass is 226 g/mol. The normalized spacial score (nSPS) is 24.6. The van der Waals surface area contributed by atoms with Crippen molar-refractivity contribution in [3.8, 4) is 0 Å². The molecule has 2 fully saturated rings. The molecule has 0 aromatic heterocycles. The summed E-state index contributed by atoms with van der Waals surface area (Å²) in [6, 6.07) is 1.22. The molecule has 2 saturated carbocycles. The lowest BCUT2D eigenvalue weighted by molar-refractivity contribution is 0.301. The maximum absolute atomic E-state index is 5.29. The van der Waals surface area contributed by atoms with Crippen molar-refractivity contribution in [2.75, 3.05) is 0 Å². The Labute approximate surface area is 98.2 Å². The quantitative estimate of drug-likeness (QED) is 0.723. The first-order valence-electron chi connectivity index (χ1n) is 6.33. The summed E-state index contributed by atoms with van der Waals surface area (Å²) < 4.78 is 0. The predicted octanol–water partition coefficient (Wildman–Crippen LogP) is 2.58. The van der Waals surface area contributed by atoms with E-state index in [4.69, 9.17) is 12.2 Å². The molecule has 0 bridgehead atoms. The molecule has 2 N–H and O–H groups in total. The summed E-state index contributed by atoms with van der Waals surface area (Å²) >= 11 is 5.29. The first-order valence-corrected chi connectivity index (χ1v) is 6.73. The first-order chi connectivity index (χ1) is 7.25. The van der Waals surface area contributed by atoms with Crippen molar-refractivity contribution >= 4 is 17.3 Å². The van der Waals surface area contributed by atoms with Crippen LogP contribution in [-0.4, -0.2) is 17.2 Å². The van der Waals surface area contributed by atoms with Crippen molar-refractivity contribution in [1.29, 1.82) is 0 Å². The van der Waals surface area contributed by atoms with Gasteiger partial charge in [0.25, 0.3) is 0 Å². The second-order valence-corrected chi connectivity index (χ2v) is 5.49. The SMILES string of the molecule is CC(NC(=S)NC1CC1)C1CCCCC1. The van der Waals surface area contributed by atoms with Gasteiger partial charge in [-0.05, 0) is 50.7 Å². The van der Waals surface area contributed by atoms with Crippen LogP contribution in [0.15, 0.2) is 0 Å². The summed E-state index contributed by atoms with van der Waals surface area (Å²) in [5.41, 5.74) is 0. The Morgan fingerprint density at radius 1 is 1.13 bits per heavy atom. The molecule has 1 atom stereocenters. The Hall–Kier alpha value is -0.310. The summed E-state index contributed by atoms with van der Waals surface area (Å²) in [5, 5.41) is 7.66. The molecule has 15 heavy (non-hydrogen) atoms. The number of hydrogen-bond acceptors (Lipinski definition) is 1. The molecule has 0 aromatic carbocycles. The zero-order chi connectivity index (χ0) is 10.7. The van der Waals surface area contributed by atoms with Gasteiger partial charge in [0.1, 0.15) is 0 Å². The largest absolute Gasteiger partial charge is 0.360 e. The van der Waals surface area contributed by atoms with Gasteiger partial charge in [-0.1, -0.05) is 19.3 Å². The Balaban J connectivity index is 1.69. The topological polar surface area (TPSA) is 24.1 Å². The molecule has 3 heteroatoms. The minimum Gasteiger partial charge on any atom is -0.360 e. The molecule has 86 valence electrons. The van der Waals surface area contributed by atoms with Crippen molar-refractivity contribution < 1.29 is 0 Å². The minimum atomic E-state index is 0.545. The van der Waals surface area contributed by atoms with Crippen LogP contribution in [0, 0.1) is 5.92 Å². The van der Waals surface area contributed by atoms with Crippen LogP contribution in [0.25, 0.3) is 0 Å². The predicted molar refractivity (Wildman–Crippen MR) is 67.9 cm³/mol. The number of thiocarbonyl (C=S) groups is 1. The van der Waals surface area contributed by atoms with Gasteiger partial charge in [0.15, 0.2) is 5.11 Å². The zero-order valence-electron chi connectivity index (χ0n) is 9.59. The van der Waals surface area contributed by atoms with E-state index in [1.165, 1.54) is 44.9 Å². The summed E-state index contributed by atoms with van der Waals surface area (Å²) in [7, 11) is 0. The van der Waals surface area contributed by atoms with Crippen molar-refractivity contribution in [1.82, 2.24) is 10.6 Å². The third kappa shape index (κ3) is 3.63. The molecule has 0 radical (unpaired) electrons. The molecule has 0 aromatic rings.